The Balaban J connectivity index is 2.39. The summed E-state index contributed by atoms with van der Waals surface area (Å²) >= 11 is 5.95. The molecule has 0 radical (unpaired) electrons. The van der Waals surface area contributed by atoms with Crippen LogP contribution in [-0.2, 0) is 10.0 Å². The number of nitriles is 1. The van der Waals surface area contributed by atoms with E-state index >= 15 is 0 Å². The zero-order valence-corrected chi connectivity index (χ0v) is 12.7. The first-order chi connectivity index (χ1) is 9.83. The predicted molar refractivity (Wildman–Crippen MR) is 82.6 cm³/mol. The first kappa shape index (κ1) is 15.2. The third-order valence-corrected chi connectivity index (χ3v) is 4.54. The zero-order chi connectivity index (χ0) is 15.6. The van der Waals surface area contributed by atoms with Crippen molar-refractivity contribution in [2.75, 3.05) is 10.5 Å². The molecule has 21 heavy (non-hydrogen) atoms. The first-order valence-corrected chi connectivity index (χ1v) is 7.78. The van der Waals surface area contributed by atoms with Crippen molar-refractivity contribution in [1.82, 2.24) is 0 Å². The van der Waals surface area contributed by atoms with E-state index in [1.165, 1.54) is 30.3 Å². The van der Waals surface area contributed by atoms with Crippen LogP contribution in [0.2, 0.25) is 5.02 Å². The Morgan fingerprint density at radius 3 is 2.52 bits per heavy atom. The standard InChI is InChI=1S/C14H12ClN3O2S/c1-9-6-12(4-2-10(9)8-16)21(19,20)18-14-5-3-11(17)7-13(14)15/h2-7,18H,17H2,1H3. The fraction of sp³-hybridized carbons (Fsp3) is 0.0714. The van der Waals surface area contributed by atoms with Crippen LogP contribution in [0.15, 0.2) is 41.3 Å². The number of rotatable bonds is 3. The van der Waals surface area contributed by atoms with Crippen LogP contribution in [-0.4, -0.2) is 8.42 Å². The van der Waals surface area contributed by atoms with Crippen LogP contribution >= 0.6 is 11.6 Å². The normalized spacial score (nSPS) is 10.9. The van der Waals surface area contributed by atoms with Gasteiger partial charge in [-0.05, 0) is 48.9 Å². The fourth-order valence-electron chi connectivity index (χ4n) is 1.75. The van der Waals surface area contributed by atoms with Crippen LogP contribution in [0.5, 0.6) is 0 Å². The monoisotopic (exact) mass is 321 g/mol. The molecule has 0 fully saturated rings. The quantitative estimate of drug-likeness (QED) is 0.849. The number of hydrogen-bond donors (Lipinski definition) is 2. The molecule has 0 aromatic heterocycles. The van der Waals surface area contributed by atoms with Crippen molar-refractivity contribution in [2.45, 2.75) is 11.8 Å². The summed E-state index contributed by atoms with van der Waals surface area (Å²) in [5.74, 6) is 0. The first-order valence-electron chi connectivity index (χ1n) is 5.92. The Hall–Kier alpha value is -2.23. The lowest BCUT2D eigenvalue weighted by Crippen LogP contribution is -2.13. The zero-order valence-electron chi connectivity index (χ0n) is 11.1. The highest BCUT2D eigenvalue weighted by molar-refractivity contribution is 7.92. The number of hydrogen-bond acceptors (Lipinski definition) is 4. The van der Waals surface area contributed by atoms with Gasteiger partial charge in [0.2, 0.25) is 0 Å². The van der Waals surface area contributed by atoms with E-state index in [9.17, 15) is 8.42 Å². The maximum Gasteiger partial charge on any atom is 0.261 e. The third-order valence-electron chi connectivity index (χ3n) is 2.87. The molecule has 0 aliphatic carbocycles. The van der Waals surface area contributed by atoms with Gasteiger partial charge in [0.25, 0.3) is 10.0 Å². The second-order valence-electron chi connectivity index (χ2n) is 4.43. The maximum absolute atomic E-state index is 12.3. The Morgan fingerprint density at radius 2 is 1.95 bits per heavy atom. The SMILES string of the molecule is Cc1cc(S(=O)(=O)Nc2ccc(N)cc2Cl)ccc1C#N. The maximum atomic E-state index is 12.3. The summed E-state index contributed by atoms with van der Waals surface area (Å²) in [5.41, 5.74) is 7.26. The minimum Gasteiger partial charge on any atom is -0.399 e. The van der Waals surface area contributed by atoms with Gasteiger partial charge in [0, 0.05) is 5.69 Å². The lowest BCUT2D eigenvalue weighted by Gasteiger charge is -2.11. The molecule has 108 valence electrons. The molecule has 7 heteroatoms. The van der Waals surface area contributed by atoms with Gasteiger partial charge in [-0.25, -0.2) is 8.42 Å². The van der Waals surface area contributed by atoms with E-state index in [4.69, 9.17) is 22.6 Å². The van der Waals surface area contributed by atoms with Crippen molar-refractivity contribution in [3.05, 3.63) is 52.5 Å². The number of sulfonamides is 1. The van der Waals surface area contributed by atoms with Crippen LogP contribution in [0.25, 0.3) is 0 Å². The van der Waals surface area contributed by atoms with Crippen molar-refractivity contribution < 1.29 is 8.42 Å². The summed E-state index contributed by atoms with van der Waals surface area (Å²) in [7, 11) is -3.78. The van der Waals surface area contributed by atoms with Crippen LogP contribution in [0.4, 0.5) is 11.4 Å². The van der Waals surface area contributed by atoms with Gasteiger partial charge in [0.1, 0.15) is 0 Å². The lowest BCUT2D eigenvalue weighted by molar-refractivity contribution is 0.601. The number of nitrogens with zero attached hydrogens (tertiary/aromatic N) is 1. The highest BCUT2D eigenvalue weighted by atomic mass is 35.5. The molecule has 0 saturated heterocycles. The predicted octanol–water partition coefficient (Wildman–Crippen LogP) is 2.90. The number of aryl methyl sites for hydroxylation is 1. The van der Waals surface area contributed by atoms with Gasteiger partial charge in [-0.15, -0.1) is 0 Å². The topological polar surface area (TPSA) is 96.0 Å². The second-order valence-corrected chi connectivity index (χ2v) is 6.52. The third kappa shape index (κ3) is 3.27. The van der Waals surface area contributed by atoms with Crippen LogP contribution in [0.1, 0.15) is 11.1 Å². The average Bonchev–Trinajstić information content (AvgIpc) is 2.42. The minimum absolute atomic E-state index is 0.0619. The van der Waals surface area contributed by atoms with E-state index in [0.29, 0.717) is 16.8 Å². The summed E-state index contributed by atoms with van der Waals surface area (Å²) in [6.45, 7) is 1.67. The summed E-state index contributed by atoms with van der Waals surface area (Å²) < 4.78 is 27.0. The molecular weight excluding hydrogens is 310 g/mol. The van der Waals surface area contributed by atoms with E-state index in [-0.39, 0.29) is 15.6 Å². The molecule has 0 heterocycles. The summed E-state index contributed by atoms with van der Waals surface area (Å²) in [6.07, 6.45) is 0. The average molecular weight is 322 g/mol. The Morgan fingerprint density at radius 1 is 1.24 bits per heavy atom. The Labute approximate surface area is 128 Å². The van der Waals surface area contributed by atoms with Crippen LogP contribution < -0.4 is 10.5 Å². The van der Waals surface area contributed by atoms with Crippen molar-refractivity contribution in [2.24, 2.45) is 0 Å². The molecule has 0 bridgehead atoms. The van der Waals surface area contributed by atoms with Crippen molar-refractivity contribution in [3.63, 3.8) is 0 Å². The summed E-state index contributed by atoms with van der Waals surface area (Å²) in [6, 6.07) is 10.8. The van der Waals surface area contributed by atoms with E-state index in [0.717, 1.165) is 0 Å². The van der Waals surface area contributed by atoms with E-state index < -0.39 is 10.0 Å². The van der Waals surface area contributed by atoms with Gasteiger partial charge in [0.05, 0.1) is 27.2 Å². The largest absolute Gasteiger partial charge is 0.399 e. The van der Waals surface area contributed by atoms with E-state index in [2.05, 4.69) is 4.72 Å². The Kier molecular flexibility index (Phi) is 4.07. The minimum atomic E-state index is -3.78. The van der Waals surface area contributed by atoms with Gasteiger partial charge in [0.15, 0.2) is 0 Å². The number of benzene rings is 2. The molecule has 0 saturated carbocycles. The highest BCUT2D eigenvalue weighted by Gasteiger charge is 2.16. The fourth-order valence-corrected chi connectivity index (χ4v) is 3.20. The summed E-state index contributed by atoms with van der Waals surface area (Å²) in [5, 5.41) is 9.08. The second kappa shape index (κ2) is 5.64. The van der Waals surface area contributed by atoms with E-state index in [1.54, 1.807) is 13.0 Å². The van der Waals surface area contributed by atoms with Crippen LogP contribution in [0.3, 0.4) is 0 Å². The van der Waals surface area contributed by atoms with Gasteiger partial charge < -0.3 is 5.73 Å². The van der Waals surface area contributed by atoms with Crippen LogP contribution in [0, 0.1) is 18.3 Å². The van der Waals surface area contributed by atoms with Crippen molar-refractivity contribution in [1.29, 1.82) is 5.26 Å². The van der Waals surface area contributed by atoms with Crippen molar-refractivity contribution >= 4 is 33.0 Å². The van der Waals surface area contributed by atoms with Crippen molar-refractivity contribution in [3.8, 4) is 6.07 Å². The van der Waals surface area contributed by atoms with Gasteiger partial charge in [-0.1, -0.05) is 11.6 Å². The molecule has 2 rings (SSSR count). The van der Waals surface area contributed by atoms with E-state index in [1.807, 2.05) is 6.07 Å². The molecule has 0 aliphatic rings. The van der Waals surface area contributed by atoms with Gasteiger partial charge in [-0.2, -0.15) is 5.26 Å². The number of nitrogens with one attached hydrogen (secondary N) is 1. The number of anilines is 2. The molecular formula is C14H12ClN3O2S. The highest BCUT2D eigenvalue weighted by Crippen LogP contribution is 2.27. The molecule has 0 atom stereocenters. The number of nitrogens with two attached hydrogens (primary N) is 1. The molecule has 0 spiro atoms. The van der Waals surface area contributed by atoms with Gasteiger partial charge >= 0.3 is 0 Å². The Bertz CT molecular complexity index is 842. The molecule has 5 nitrogen and oxygen atoms in total. The molecule has 3 N–H and O–H groups in total. The summed E-state index contributed by atoms with van der Waals surface area (Å²) in [4.78, 5) is 0.0619. The molecule has 0 unspecified atom stereocenters. The molecule has 2 aromatic carbocycles. The smallest absolute Gasteiger partial charge is 0.261 e. The molecule has 0 amide bonds. The number of halogens is 1. The number of nitrogen functional groups attached to an aromatic ring is 1. The molecule has 0 aliphatic heterocycles. The lowest BCUT2D eigenvalue weighted by atomic mass is 10.1. The van der Waals surface area contributed by atoms with Gasteiger partial charge in [-0.3, -0.25) is 4.72 Å². The molecule has 2 aromatic rings.